The molecule has 1 atom stereocenters. The number of likely N-dealkylation sites (N-methyl/N-ethyl adjacent to an activating group) is 1. The van der Waals surface area contributed by atoms with Gasteiger partial charge in [0.25, 0.3) is 5.91 Å². The van der Waals surface area contributed by atoms with Gasteiger partial charge in [-0.25, -0.2) is 4.98 Å². The SMILES string of the molecule is CN1CCC[C@H]1COc1cc(NC(=O)c2cccnc2Nc2cccc3c(O)[nH]cc23)ccc1C(F)(F)F. The zero-order valence-electron chi connectivity index (χ0n) is 20.5. The molecule has 0 radical (unpaired) electrons. The van der Waals surface area contributed by atoms with Crippen LogP contribution in [-0.2, 0) is 6.18 Å². The van der Waals surface area contributed by atoms with Gasteiger partial charge >= 0.3 is 6.18 Å². The Kier molecular flexibility index (Phi) is 6.85. The molecule has 0 unspecified atom stereocenters. The number of amides is 1. The Labute approximate surface area is 216 Å². The number of carbonyl (C=O) groups is 1. The van der Waals surface area contributed by atoms with Gasteiger partial charge in [0, 0.05) is 46.6 Å². The third-order valence-corrected chi connectivity index (χ3v) is 6.67. The molecule has 1 fully saturated rings. The van der Waals surface area contributed by atoms with E-state index < -0.39 is 17.6 Å². The number of H-pyrrole nitrogens is 1. The molecule has 0 aliphatic carbocycles. The first-order chi connectivity index (χ1) is 18.2. The van der Waals surface area contributed by atoms with Gasteiger partial charge in [0.15, 0.2) is 5.88 Å². The lowest BCUT2D eigenvalue weighted by atomic mass is 10.1. The Bertz CT molecular complexity index is 1470. The van der Waals surface area contributed by atoms with Crippen molar-refractivity contribution in [2.24, 2.45) is 0 Å². The molecule has 198 valence electrons. The van der Waals surface area contributed by atoms with Crippen molar-refractivity contribution in [3.8, 4) is 11.6 Å². The number of carbonyl (C=O) groups excluding carboxylic acids is 1. The van der Waals surface area contributed by atoms with Crippen LogP contribution in [0.15, 0.2) is 60.9 Å². The van der Waals surface area contributed by atoms with E-state index in [2.05, 4.69) is 25.5 Å². The number of ether oxygens (including phenoxy) is 1. The monoisotopic (exact) mass is 525 g/mol. The number of hydrogen-bond donors (Lipinski definition) is 4. The number of fused-ring (bicyclic) bond motifs is 1. The average Bonchev–Trinajstić information content (AvgIpc) is 3.48. The van der Waals surface area contributed by atoms with Gasteiger partial charge in [0.05, 0.1) is 11.1 Å². The van der Waals surface area contributed by atoms with Crippen LogP contribution in [0.1, 0.15) is 28.8 Å². The van der Waals surface area contributed by atoms with Crippen LogP contribution in [0.5, 0.6) is 11.6 Å². The van der Waals surface area contributed by atoms with Crippen LogP contribution in [0.3, 0.4) is 0 Å². The van der Waals surface area contributed by atoms with Crippen molar-refractivity contribution >= 4 is 33.9 Å². The van der Waals surface area contributed by atoms with Gasteiger partial charge in [0.1, 0.15) is 18.2 Å². The third-order valence-electron chi connectivity index (χ3n) is 6.67. The number of hydrogen-bond acceptors (Lipinski definition) is 6. The molecule has 2 aromatic heterocycles. The van der Waals surface area contributed by atoms with Crippen molar-refractivity contribution < 1.29 is 27.8 Å². The fourth-order valence-corrected chi connectivity index (χ4v) is 4.60. The predicted octanol–water partition coefficient (Wildman–Crippen LogP) is 5.76. The van der Waals surface area contributed by atoms with Crippen LogP contribution < -0.4 is 15.4 Å². The molecule has 1 amide bonds. The number of nitrogens with zero attached hydrogens (tertiary/aromatic N) is 2. The number of anilines is 3. The van der Waals surface area contributed by atoms with E-state index in [9.17, 15) is 23.1 Å². The van der Waals surface area contributed by atoms with E-state index in [4.69, 9.17) is 4.74 Å². The van der Waals surface area contributed by atoms with Crippen molar-refractivity contribution in [3.63, 3.8) is 0 Å². The number of likely N-dealkylation sites (tertiary alicyclic amines) is 1. The molecule has 2 aromatic carbocycles. The Morgan fingerprint density at radius 2 is 2.05 bits per heavy atom. The zero-order chi connectivity index (χ0) is 26.9. The first-order valence-electron chi connectivity index (χ1n) is 12.1. The molecule has 0 saturated carbocycles. The summed E-state index contributed by atoms with van der Waals surface area (Å²) in [7, 11) is 1.92. The number of halogens is 3. The largest absolute Gasteiger partial charge is 0.494 e. The molecule has 1 aliphatic rings. The zero-order valence-corrected chi connectivity index (χ0v) is 20.5. The quantitative estimate of drug-likeness (QED) is 0.245. The number of aromatic amines is 1. The maximum absolute atomic E-state index is 13.6. The van der Waals surface area contributed by atoms with E-state index in [1.54, 1.807) is 36.5 Å². The second-order valence-electron chi connectivity index (χ2n) is 9.18. The lowest BCUT2D eigenvalue weighted by Crippen LogP contribution is -2.31. The number of rotatable bonds is 7. The predicted molar refractivity (Wildman–Crippen MR) is 138 cm³/mol. The second-order valence-corrected chi connectivity index (χ2v) is 9.18. The molecule has 0 spiro atoms. The van der Waals surface area contributed by atoms with Crippen LogP contribution >= 0.6 is 0 Å². The molecule has 11 heteroatoms. The summed E-state index contributed by atoms with van der Waals surface area (Å²) < 4.78 is 46.6. The van der Waals surface area contributed by atoms with Gasteiger partial charge in [-0.1, -0.05) is 6.07 Å². The Balaban J connectivity index is 1.38. The number of pyridine rings is 1. The first kappa shape index (κ1) is 25.4. The molecular weight excluding hydrogens is 499 g/mol. The molecule has 4 N–H and O–H groups in total. The highest BCUT2D eigenvalue weighted by atomic mass is 19.4. The molecular formula is C27H26F3N5O3. The maximum atomic E-state index is 13.6. The minimum absolute atomic E-state index is 0.0162. The molecule has 8 nitrogen and oxygen atoms in total. The highest BCUT2D eigenvalue weighted by Gasteiger charge is 2.35. The fraction of sp³-hybridized carbons (Fsp3) is 0.259. The summed E-state index contributed by atoms with van der Waals surface area (Å²) in [6.07, 6.45) is 0.351. The van der Waals surface area contributed by atoms with Crippen LogP contribution in [0.2, 0.25) is 0 Å². The van der Waals surface area contributed by atoms with Gasteiger partial charge in [-0.2, -0.15) is 13.2 Å². The van der Waals surface area contributed by atoms with Crippen molar-refractivity contribution in [1.29, 1.82) is 0 Å². The smallest absolute Gasteiger partial charge is 0.419 e. The summed E-state index contributed by atoms with van der Waals surface area (Å²) in [4.78, 5) is 22.3. The second kappa shape index (κ2) is 10.3. The topological polar surface area (TPSA) is 103 Å². The van der Waals surface area contributed by atoms with Crippen LogP contribution in [-0.4, -0.2) is 52.1 Å². The van der Waals surface area contributed by atoms with Gasteiger partial charge < -0.3 is 30.4 Å². The minimum Gasteiger partial charge on any atom is -0.494 e. The van der Waals surface area contributed by atoms with Gasteiger partial charge in [-0.05, 0) is 62.8 Å². The third kappa shape index (κ3) is 5.23. The molecule has 0 bridgehead atoms. The van der Waals surface area contributed by atoms with Gasteiger partial charge in [0.2, 0.25) is 0 Å². The average molecular weight is 526 g/mol. The highest BCUT2D eigenvalue weighted by Crippen LogP contribution is 2.38. The van der Waals surface area contributed by atoms with Crippen molar-refractivity contribution in [3.05, 3.63) is 72.1 Å². The number of aromatic hydroxyl groups is 1. The number of benzene rings is 2. The van der Waals surface area contributed by atoms with E-state index in [0.29, 0.717) is 16.5 Å². The maximum Gasteiger partial charge on any atom is 0.419 e. The summed E-state index contributed by atoms with van der Waals surface area (Å²) in [5, 5.41) is 17.0. The Morgan fingerprint density at radius 1 is 1.21 bits per heavy atom. The number of aromatic nitrogens is 2. The normalized spacial score (nSPS) is 16.1. The van der Waals surface area contributed by atoms with E-state index >= 15 is 0 Å². The summed E-state index contributed by atoms with van der Waals surface area (Å²) in [5.74, 6) is -0.640. The van der Waals surface area contributed by atoms with Crippen molar-refractivity contribution in [1.82, 2.24) is 14.9 Å². The van der Waals surface area contributed by atoms with E-state index in [-0.39, 0.29) is 41.3 Å². The summed E-state index contributed by atoms with van der Waals surface area (Å²) >= 11 is 0. The van der Waals surface area contributed by atoms with Crippen molar-refractivity contribution in [2.45, 2.75) is 25.1 Å². The van der Waals surface area contributed by atoms with Crippen LogP contribution in [0.4, 0.5) is 30.4 Å². The Hall–Kier alpha value is -4.25. The lowest BCUT2D eigenvalue weighted by Gasteiger charge is -2.22. The summed E-state index contributed by atoms with van der Waals surface area (Å²) in [5.41, 5.74) is 0.0427. The fourth-order valence-electron chi connectivity index (χ4n) is 4.60. The summed E-state index contributed by atoms with van der Waals surface area (Å²) in [6, 6.07) is 11.7. The van der Waals surface area contributed by atoms with E-state index in [1.807, 2.05) is 7.05 Å². The molecule has 1 saturated heterocycles. The molecule has 4 aromatic rings. The van der Waals surface area contributed by atoms with Gasteiger partial charge in [-0.15, -0.1) is 0 Å². The minimum atomic E-state index is -4.60. The van der Waals surface area contributed by atoms with E-state index in [0.717, 1.165) is 25.5 Å². The lowest BCUT2D eigenvalue weighted by molar-refractivity contribution is -0.139. The molecule has 3 heterocycles. The first-order valence-corrected chi connectivity index (χ1v) is 12.1. The number of nitrogens with one attached hydrogen (secondary N) is 3. The van der Waals surface area contributed by atoms with Crippen LogP contribution in [0.25, 0.3) is 10.8 Å². The Morgan fingerprint density at radius 3 is 2.82 bits per heavy atom. The summed E-state index contributed by atoms with van der Waals surface area (Å²) in [6.45, 7) is 0.991. The van der Waals surface area contributed by atoms with Crippen molar-refractivity contribution in [2.75, 3.05) is 30.8 Å². The molecule has 1 aliphatic heterocycles. The van der Waals surface area contributed by atoms with Crippen LogP contribution in [0, 0.1) is 0 Å². The highest BCUT2D eigenvalue weighted by molar-refractivity contribution is 6.08. The van der Waals surface area contributed by atoms with E-state index in [1.165, 1.54) is 18.3 Å². The van der Waals surface area contributed by atoms with Gasteiger partial charge in [-0.3, -0.25) is 4.79 Å². The standard InChI is InChI=1S/C27H26F3N5O3/c1-35-12-4-5-17(35)15-38-23-13-16(9-10-21(23)27(28,29)30)33-26(37)19-7-3-11-31-24(19)34-22-8-2-6-18-20(22)14-32-25(18)36/h2-3,6-11,13-14,17,32,36H,4-5,12,15H2,1H3,(H,31,34)(H,33,37)/t17-/m0/s1. The number of alkyl halides is 3. The molecule has 38 heavy (non-hydrogen) atoms. The molecule has 5 rings (SSSR count).